The van der Waals surface area contributed by atoms with Crippen molar-refractivity contribution in [2.45, 2.75) is 13.8 Å². The molecule has 0 aliphatic carbocycles. The van der Waals surface area contributed by atoms with Crippen LogP contribution >= 0.6 is 0 Å². The molecule has 2 nitrogen and oxygen atoms in total. The van der Waals surface area contributed by atoms with Gasteiger partial charge in [0.05, 0.1) is 0 Å². The first-order valence-corrected chi connectivity index (χ1v) is 2.42. The van der Waals surface area contributed by atoms with Crippen LogP contribution in [-0.2, 0) is 9.53 Å². The SMILES string of the molecule is C[CH]OC(=O)/C=C\C. The van der Waals surface area contributed by atoms with Gasteiger partial charge in [-0.1, -0.05) is 6.08 Å². The summed E-state index contributed by atoms with van der Waals surface area (Å²) >= 11 is 0. The van der Waals surface area contributed by atoms with Gasteiger partial charge in [-0.2, -0.15) is 0 Å². The standard InChI is InChI=1S/C6H9O2/c1-3-5-6(7)8-4-2/h3-5H,1-2H3/b5-3-. The van der Waals surface area contributed by atoms with Gasteiger partial charge in [0.15, 0.2) is 0 Å². The van der Waals surface area contributed by atoms with E-state index in [-0.39, 0.29) is 5.97 Å². The van der Waals surface area contributed by atoms with E-state index in [1.54, 1.807) is 19.9 Å². The molecule has 0 fully saturated rings. The molecule has 0 amide bonds. The van der Waals surface area contributed by atoms with E-state index in [4.69, 9.17) is 0 Å². The minimum Gasteiger partial charge on any atom is -0.456 e. The summed E-state index contributed by atoms with van der Waals surface area (Å²) in [6.07, 6.45) is 2.99. The molecular formula is C6H9O2. The number of carbonyl (C=O) groups is 1. The molecule has 0 saturated heterocycles. The monoisotopic (exact) mass is 113 g/mol. The van der Waals surface area contributed by atoms with Crippen LogP contribution in [0.5, 0.6) is 0 Å². The number of hydrogen-bond acceptors (Lipinski definition) is 2. The number of carbonyl (C=O) groups excluding carboxylic acids is 1. The summed E-state index contributed by atoms with van der Waals surface area (Å²) in [5.74, 6) is -0.324. The van der Waals surface area contributed by atoms with Gasteiger partial charge in [0, 0.05) is 6.08 Å². The van der Waals surface area contributed by atoms with E-state index in [0.29, 0.717) is 0 Å². The lowest BCUT2D eigenvalue weighted by atomic mass is 10.5. The van der Waals surface area contributed by atoms with Gasteiger partial charge < -0.3 is 4.74 Å². The number of ether oxygens (including phenoxy) is 1. The largest absolute Gasteiger partial charge is 0.456 e. The fraction of sp³-hybridized carbons (Fsp3) is 0.333. The van der Waals surface area contributed by atoms with Crippen molar-refractivity contribution < 1.29 is 9.53 Å². The van der Waals surface area contributed by atoms with Crippen LogP contribution in [0.4, 0.5) is 0 Å². The molecule has 0 aromatic carbocycles. The van der Waals surface area contributed by atoms with E-state index in [1.165, 1.54) is 12.7 Å². The van der Waals surface area contributed by atoms with Crippen LogP contribution in [0.15, 0.2) is 12.2 Å². The van der Waals surface area contributed by atoms with Crippen molar-refractivity contribution in [2.75, 3.05) is 0 Å². The van der Waals surface area contributed by atoms with Crippen LogP contribution in [-0.4, -0.2) is 5.97 Å². The lowest BCUT2D eigenvalue weighted by molar-refractivity contribution is -0.134. The molecule has 0 unspecified atom stereocenters. The number of allylic oxidation sites excluding steroid dienone is 1. The van der Waals surface area contributed by atoms with Gasteiger partial charge in [-0.3, -0.25) is 0 Å². The molecule has 0 aromatic rings. The zero-order valence-corrected chi connectivity index (χ0v) is 5.05. The molecule has 2 heteroatoms. The maximum atomic E-state index is 10.3. The third-order valence-corrected chi connectivity index (χ3v) is 0.537. The smallest absolute Gasteiger partial charge is 0.330 e. The van der Waals surface area contributed by atoms with Crippen LogP contribution in [0.3, 0.4) is 0 Å². The van der Waals surface area contributed by atoms with Crippen molar-refractivity contribution in [2.24, 2.45) is 0 Å². The highest BCUT2D eigenvalue weighted by atomic mass is 16.5. The Hall–Kier alpha value is -0.790. The van der Waals surface area contributed by atoms with Crippen LogP contribution in [0.2, 0.25) is 0 Å². The predicted octanol–water partition coefficient (Wildman–Crippen LogP) is 1.29. The van der Waals surface area contributed by atoms with E-state index in [1.807, 2.05) is 0 Å². The zero-order chi connectivity index (χ0) is 6.41. The van der Waals surface area contributed by atoms with Crippen molar-refractivity contribution in [3.05, 3.63) is 18.8 Å². The fourth-order valence-electron chi connectivity index (χ4n) is 0.292. The molecule has 1 radical (unpaired) electrons. The van der Waals surface area contributed by atoms with Gasteiger partial charge in [-0.05, 0) is 13.8 Å². The Balaban J connectivity index is 3.33. The summed E-state index contributed by atoms with van der Waals surface area (Å²) in [5.41, 5.74) is 0. The Morgan fingerprint density at radius 1 is 1.50 bits per heavy atom. The van der Waals surface area contributed by atoms with Crippen molar-refractivity contribution in [3.8, 4) is 0 Å². The van der Waals surface area contributed by atoms with Crippen LogP contribution in [0.25, 0.3) is 0 Å². The van der Waals surface area contributed by atoms with E-state index >= 15 is 0 Å². The Morgan fingerprint density at radius 3 is 2.50 bits per heavy atom. The first-order chi connectivity index (χ1) is 3.81. The molecule has 0 atom stereocenters. The number of hydrogen-bond donors (Lipinski definition) is 0. The second-order valence-electron chi connectivity index (χ2n) is 1.17. The van der Waals surface area contributed by atoms with E-state index < -0.39 is 0 Å². The van der Waals surface area contributed by atoms with Gasteiger partial charge in [0.2, 0.25) is 0 Å². The van der Waals surface area contributed by atoms with Gasteiger partial charge >= 0.3 is 5.97 Å². The average molecular weight is 113 g/mol. The van der Waals surface area contributed by atoms with Crippen LogP contribution in [0, 0.1) is 6.61 Å². The van der Waals surface area contributed by atoms with Gasteiger partial charge in [0.25, 0.3) is 0 Å². The lowest BCUT2D eigenvalue weighted by Gasteiger charge is -1.90. The Labute approximate surface area is 49.1 Å². The molecule has 0 aromatic heterocycles. The molecule has 8 heavy (non-hydrogen) atoms. The normalized spacial score (nSPS) is 9.75. The van der Waals surface area contributed by atoms with Crippen molar-refractivity contribution in [3.63, 3.8) is 0 Å². The second-order valence-corrected chi connectivity index (χ2v) is 1.17. The van der Waals surface area contributed by atoms with E-state index in [0.717, 1.165) is 0 Å². The average Bonchev–Trinajstić information content (AvgIpc) is 1.68. The highest BCUT2D eigenvalue weighted by Gasteiger charge is 1.89. The number of rotatable bonds is 2. The van der Waals surface area contributed by atoms with Crippen molar-refractivity contribution >= 4 is 5.97 Å². The molecule has 0 saturated carbocycles. The highest BCUT2D eigenvalue weighted by Crippen LogP contribution is 1.82. The topological polar surface area (TPSA) is 26.3 Å². The maximum absolute atomic E-state index is 10.3. The highest BCUT2D eigenvalue weighted by molar-refractivity contribution is 5.82. The molecule has 0 aliphatic rings. The van der Waals surface area contributed by atoms with Crippen LogP contribution < -0.4 is 0 Å². The maximum Gasteiger partial charge on any atom is 0.330 e. The first-order valence-electron chi connectivity index (χ1n) is 2.42. The van der Waals surface area contributed by atoms with Gasteiger partial charge in [-0.15, -0.1) is 0 Å². The minimum absolute atomic E-state index is 0.324. The Morgan fingerprint density at radius 2 is 2.12 bits per heavy atom. The summed E-state index contributed by atoms with van der Waals surface area (Å²) in [6, 6.07) is 0. The lowest BCUT2D eigenvalue weighted by Crippen LogP contribution is -1.94. The predicted molar refractivity (Wildman–Crippen MR) is 30.9 cm³/mol. The molecule has 0 N–H and O–H groups in total. The third-order valence-electron chi connectivity index (χ3n) is 0.537. The molecule has 0 spiro atoms. The fourth-order valence-corrected chi connectivity index (χ4v) is 0.292. The second kappa shape index (κ2) is 4.37. The molecular weight excluding hydrogens is 104 g/mol. The van der Waals surface area contributed by atoms with Gasteiger partial charge in [-0.25, -0.2) is 4.79 Å². The molecule has 0 heterocycles. The summed E-state index contributed by atoms with van der Waals surface area (Å²) in [4.78, 5) is 10.3. The third kappa shape index (κ3) is 3.40. The Kier molecular flexibility index (Phi) is 3.94. The van der Waals surface area contributed by atoms with E-state index in [9.17, 15) is 4.79 Å². The van der Waals surface area contributed by atoms with Crippen LogP contribution in [0.1, 0.15) is 13.8 Å². The van der Waals surface area contributed by atoms with Gasteiger partial charge in [0.1, 0.15) is 6.61 Å². The molecule has 0 rings (SSSR count). The van der Waals surface area contributed by atoms with E-state index in [2.05, 4.69) is 4.74 Å². The zero-order valence-electron chi connectivity index (χ0n) is 5.05. The first kappa shape index (κ1) is 7.21. The summed E-state index contributed by atoms with van der Waals surface area (Å²) in [7, 11) is 0. The number of esters is 1. The summed E-state index contributed by atoms with van der Waals surface area (Å²) in [5, 5.41) is 0. The Bertz CT molecular complexity index is 94.7. The molecule has 0 bridgehead atoms. The quantitative estimate of drug-likeness (QED) is 0.398. The summed E-state index contributed by atoms with van der Waals surface area (Å²) in [6.45, 7) is 4.76. The van der Waals surface area contributed by atoms with Crippen molar-refractivity contribution in [1.82, 2.24) is 0 Å². The molecule has 45 valence electrons. The summed E-state index contributed by atoms with van der Waals surface area (Å²) < 4.78 is 4.43. The minimum atomic E-state index is -0.324. The van der Waals surface area contributed by atoms with Crippen molar-refractivity contribution in [1.29, 1.82) is 0 Å². The molecule has 0 aliphatic heterocycles.